The molecule has 1 atom stereocenters. The molecule has 238 valence electrons. The molecule has 0 radical (unpaired) electrons. The summed E-state index contributed by atoms with van der Waals surface area (Å²) in [6, 6.07) is 14.8. The first-order valence-corrected chi connectivity index (χ1v) is 16.9. The number of halogens is 1. The molecule has 1 aliphatic rings. The Hall–Kier alpha value is -2.89. The number of esters is 2. The van der Waals surface area contributed by atoms with Crippen LogP contribution in [0.2, 0.25) is 0 Å². The Balaban J connectivity index is 1.31. The van der Waals surface area contributed by atoms with Gasteiger partial charge in [0.1, 0.15) is 17.6 Å². The fourth-order valence-electron chi connectivity index (χ4n) is 5.69. The highest BCUT2D eigenvalue weighted by Crippen LogP contribution is 2.35. The molecule has 0 unspecified atom stereocenters. The standard InChI is InChI=1S/C37H53FO5/c1-3-5-7-8-9-10-11-12-13-14-28-41-32-22-20-31(21-23-32)36(39)42-33-24-16-29(17-25-33)30-18-26-34(27-19-30)43-37(40)35(38)15-6-4-2/h16-17,20-25,30,34-35H,3-15,18-19,26-28H2,1-2H3/t30?,34?,35-/m0/s1. The Morgan fingerprint density at radius 3 is 1.88 bits per heavy atom. The van der Waals surface area contributed by atoms with Crippen molar-refractivity contribution < 1.29 is 28.2 Å². The van der Waals surface area contributed by atoms with Gasteiger partial charge in [-0.05, 0) is 86.4 Å². The summed E-state index contributed by atoms with van der Waals surface area (Å²) in [6.45, 7) is 4.92. The molecule has 0 heterocycles. The van der Waals surface area contributed by atoms with E-state index in [1.54, 1.807) is 12.1 Å². The Morgan fingerprint density at radius 2 is 1.28 bits per heavy atom. The van der Waals surface area contributed by atoms with Gasteiger partial charge in [-0.25, -0.2) is 14.0 Å². The Labute approximate surface area is 258 Å². The zero-order valence-corrected chi connectivity index (χ0v) is 26.5. The van der Waals surface area contributed by atoms with Crippen LogP contribution in [0.3, 0.4) is 0 Å². The molecule has 6 heteroatoms. The minimum Gasteiger partial charge on any atom is -0.494 e. The summed E-state index contributed by atoms with van der Waals surface area (Å²) in [6.07, 6.45) is 16.2. The molecule has 0 aromatic heterocycles. The summed E-state index contributed by atoms with van der Waals surface area (Å²) in [5, 5.41) is 0. The average Bonchev–Trinajstić information content (AvgIpc) is 3.03. The molecule has 3 rings (SSSR count). The van der Waals surface area contributed by atoms with Crippen LogP contribution in [0, 0.1) is 0 Å². The van der Waals surface area contributed by atoms with E-state index in [9.17, 15) is 14.0 Å². The number of rotatable bonds is 20. The summed E-state index contributed by atoms with van der Waals surface area (Å²) in [7, 11) is 0. The van der Waals surface area contributed by atoms with Crippen molar-refractivity contribution in [3.8, 4) is 11.5 Å². The van der Waals surface area contributed by atoms with Crippen LogP contribution in [0.1, 0.15) is 145 Å². The molecule has 2 aromatic carbocycles. The van der Waals surface area contributed by atoms with Crippen LogP contribution in [-0.2, 0) is 9.53 Å². The zero-order valence-electron chi connectivity index (χ0n) is 26.5. The third kappa shape index (κ3) is 13.1. The summed E-state index contributed by atoms with van der Waals surface area (Å²) < 4.78 is 30.8. The predicted octanol–water partition coefficient (Wildman–Crippen LogP) is 10.3. The van der Waals surface area contributed by atoms with Gasteiger partial charge in [0.25, 0.3) is 0 Å². The fraction of sp³-hybridized carbons (Fsp3) is 0.622. The molecule has 43 heavy (non-hydrogen) atoms. The fourth-order valence-corrected chi connectivity index (χ4v) is 5.69. The van der Waals surface area contributed by atoms with E-state index in [1.165, 1.54) is 63.4 Å². The third-order valence-corrected chi connectivity index (χ3v) is 8.44. The van der Waals surface area contributed by atoms with Gasteiger partial charge >= 0.3 is 11.9 Å². The van der Waals surface area contributed by atoms with Gasteiger partial charge in [0, 0.05) is 0 Å². The van der Waals surface area contributed by atoms with E-state index in [1.807, 2.05) is 43.3 Å². The molecule has 1 aliphatic carbocycles. The number of alkyl halides is 1. The molecule has 0 amide bonds. The molecule has 0 aliphatic heterocycles. The highest BCUT2D eigenvalue weighted by Gasteiger charge is 2.28. The van der Waals surface area contributed by atoms with E-state index in [-0.39, 0.29) is 12.5 Å². The topological polar surface area (TPSA) is 61.8 Å². The monoisotopic (exact) mass is 596 g/mol. The third-order valence-electron chi connectivity index (χ3n) is 8.44. The lowest BCUT2D eigenvalue weighted by atomic mass is 9.83. The second kappa shape index (κ2) is 20.1. The van der Waals surface area contributed by atoms with Crippen molar-refractivity contribution in [2.75, 3.05) is 6.61 Å². The van der Waals surface area contributed by atoms with Gasteiger partial charge in [0.2, 0.25) is 0 Å². The first-order valence-electron chi connectivity index (χ1n) is 16.9. The predicted molar refractivity (Wildman–Crippen MR) is 171 cm³/mol. The lowest BCUT2D eigenvalue weighted by Crippen LogP contribution is -2.28. The molecular weight excluding hydrogens is 543 g/mol. The molecule has 0 saturated heterocycles. The smallest absolute Gasteiger partial charge is 0.343 e. The molecule has 0 N–H and O–H groups in total. The second-order valence-corrected chi connectivity index (χ2v) is 12.0. The van der Waals surface area contributed by atoms with Crippen LogP contribution in [0.5, 0.6) is 11.5 Å². The van der Waals surface area contributed by atoms with Crippen LogP contribution >= 0.6 is 0 Å². The number of hydrogen-bond acceptors (Lipinski definition) is 5. The van der Waals surface area contributed by atoms with E-state index < -0.39 is 18.1 Å². The average molecular weight is 597 g/mol. The molecule has 5 nitrogen and oxygen atoms in total. The van der Waals surface area contributed by atoms with Crippen LogP contribution in [-0.4, -0.2) is 30.8 Å². The number of ether oxygens (including phenoxy) is 3. The van der Waals surface area contributed by atoms with Crippen molar-refractivity contribution in [2.45, 2.75) is 141 Å². The first kappa shape index (κ1) is 34.6. The lowest BCUT2D eigenvalue weighted by molar-refractivity contribution is -0.157. The van der Waals surface area contributed by atoms with Crippen LogP contribution in [0.4, 0.5) is 4.39 Å². The molecule has 1 fully saturated rings. The van der Waals surface area contributed by atoms with Crippen molar-refractivity contribution in [1.82, 2.24) is 0 Å². The maximum Gasteiger partial charge on any atom is 0.343 e. The minimum absolute atomic E-state index is 0.208. The van der Waals surface area contributed by atoms with Gasteiger partial charge in [0.05, 0.1) is 12.2 Å². The lowest BCUT2D eigenvalue weighted by Gasteiger charge is -2.29. The minimum atomic E-state index is -1.52. The van der Waals surface area contributed by atoms with Gasteiger partial charge in [-0.3, -0.25) is 0 Å². The van der Waals surface area contributed by atoms with Crippen molar-refractivity contribution >= 4 is 11.9 Å². The second-order valence-electron chi connectivity index (χ2n) is 12.0. The van der Waals surface area contributed by atoms with Crippen molar-refractivity contribution in [3.05, 3.63) is 59.7 Å². The highest BCUT2D eigenvalue weighted by atomic mass is 19.1. The van der Waals surface area contributed by atoms with Gasteiger partial charge < -0.3 is 14.2 Å². The van der Waals surface area contributed by atoms with E-state index in [0.29, 0.717) is 30.3 Å². The van der Waals surface area contributed by atoms with E-state index in [4.69, 9.17) is 14.2 Å². The number of hydrogen-bond donors (Lipinski definition) is 0. The SMILES string of the molecule is CCCCCCCCCCCCOc1ccc(C(=O)Oc2ccc(C3CCC(OC(=O)[C@@H](F)CCCC)CC3)cc2)cc1. The Kier molecular flexibility index (Phi) is 16.2. The normalized spacial score (nSPS) is 17.3. The van der Waals surface area contributed by atoms with Crippen molar-refractivity contribution in [2.24, 2.45) is 0 Å². The van der Waals surface area contributed by atoms with Crippen molar-refractivity contribution in [1.29, 1.82) is 0 Å². The van der Waals surface area contributed by atoms with Gasteiger partial charge in [-0.1, -0.05) is 96.6 Å². The van der Waals surface area contributed by atoms with E-state index in [2.05, 4.69) is 6.92 Å². The van der Waals surface area contributed by atoms with E-state index in [0.717, 1.165) is 44.3 Å². The van der Waals surface area contributed by atoms with Crippen molar-refractivity contribution in [3.63, 3.8) is 0 Å². The summed E-state index contributed by atoms with van der Waals surface area (Å²) in [5.74, 6) is 0.492. The van der Waals surface area contributed by atoms with Crippen LogP contribution in [0.15, 0.2) is 48.5 Å². The summed E-state index contributed by atoms with van der Waals surface area (Å²) >= 11 is 0. The number of benzene rings is 2. The van der Waals surface area contributed by atoms with Gasteiger partial charge in [0.15, 0.2) is 6.17 Å². The summed E-state index contributed by atoms with van der Waals surface area (Å²) in [4.78, 5) is 24.7. The number of unbranched alkanes of at least 4 members (excludes halogenated alkanes) is 10. The van der Waals surface area contributed by atoms with Crippen LogP contribution in [0.25, 0.3) is 0 Å². The highest BCUT2D eigenvalue weighted by molar-refractivity contribution is 5.91. The largest absolute Gasteiger partial charge is 0.494 e. The molecular formula is C37H53FO5. The van der Waals surface area contributed by atoms with Gasteiger partial charge in [-0.2, -0.15) is 0 Å². The Morgan fingerprint density at radius 1 is 0.721 bits per heavy atom. The molecule has 0 spiro atoms. The van der Waals surface area contributed by atoms with Gasteiger partial charge in [-0.15, -0.1) is 0 Å². The Bertz CT molecular complexity index is 1040. The van der Waals surface area contributed by atoms with Crippen LogP contribution < -0.4 is 9.47 Å². The van der Waals surface area contributed by atoms with E-state index >= 15 is 0 Å². The zero-order chi connectivity index (χ0) is 30.7. The molecule has 2 aromatic rings. The molecule has 1 saturated carbocycles. The number of carbonyl (C=O) groups is 2. The number of carbonyl (C=O) groups excluding carboxylic acids is 2. The quantitative estimate of drug-likeness (QED) is 0.0864. The molecule has 0 bridgehead atoms. The maximum atomic E-state index is 13.9. The summed E-state index contributed by atoms with van der Waals surface area (Å²) in [5.41, 5.74) is 1.65. The first-order chi connectivity index (χ1) is 21.0. The maximum absolute atomic E-state index is 13.9.